The normalized spacial score (nSPS) is 33.4. The molecule has 2 rings (SSSR count). The van der Waals surface area contributed by atoms with E-state index in [9.17, 15) is 0 Å². The van der Waals surface area contributed by atoms with Crippen molar-refractivity contribution in [2.45, 2.75) is 64.5 Å². The van der Waals surface area contributed by atoms with Crippen LogP contribution in [0.1, 0.15) is 52.4 Å². The first-order chi connectivity index (χ1) is 7.79. The minimum absolute atomic E-state index is 0.745. The Morgan fingerprint density at radius 1 is 1.25 bits per heavy atom. The van der Waals surface area contributed by atoms with Gasteiger partial charge in [-0.05, 0) is 45.1 Å². The highest BCUT2D eigenvalue weighted by Gasteiger charge is 2.26. The van der Waals surface area contributed by atoms with E-state index in [1.807, 2.05) is 0 Å². The molecular weight excluding hydrogens is 196 g/mol. The van der Waals surface area contributed by atoms with E-state index in [2.05, 4.69) is 24.1 Å². The molecule has 2 aliphatic rings. The molecule has 0 amide bonds. The lowest BCUT2D eigenvalue weighted by Gasteiger charge is -2.36. The summed E-state index contributed by atoms with van der Waals surface area (Å²) in [4.78, 5) is 2.75. The van der Waals surface area contributed by atoms with Gasteiger partial charge in [-0.2, -0.15) is 0 Å². The lowest BCUT2D eigenvalue weighted by Crippen LogP contribution is -2.43. The largest absolute Gasteiger partial charge is 0.313 e. The first-order valence-electron chi connectivity index (χ1n) is 7.27. The summed E-state index contributed by atoms with van der Waals surface area (Å²) < 4.78 is 0. The van der Waals surface area contributed by atoms with E-state index in [-0.39, 0.29) is 0 Å². The molecule has 94 valence electrons. The van der Waals surface area contributed by atoms with Gasteiger partial charge >= 0.3 is 0 Å². The van der Waals surface area contributed by atoms with Gasteiger partial charge in [0.15, 0.2) is 0 Å². The maximum atomic E-state index is 3.71. The summed E-state index contributed by atoms with van der Waals surface area (Å²) in [7, 11) is 0. The number of rotatable bonds is 4. The summed E-state index contributed by atoms with van der Waals surface area (Å²) in [6.07, 6.45) is 8.41. The molecule has 2 fully saturated rings. The molecule has 1 N–H and O–H groups in total. The van der Waals surface area contributed by atoms with Gasteiger partial charge in [0.05, 0.1) is 0 Å². The van der Waals surface area contributed by atoms with Gasteiger partial charge in [-0.25, -0.2) is 0 Å². The Hall–Kier alpha value is -0.0800. The zero-order valence-corrected chi connectivity index (χ0v) is 11.0. The van der Waals surface area contributed by atoms with Crippen molar-refractivity contribution >= 4 is 0 Å². The fourth-order valence-corrected chi connectivity index (χ4v) is 3.01. The predicted octanol–water partition coefficient (Wildman–Crippen LogP) is 2.64. The summed E-state index contributed by atoms with van der Waals surface area (Å²) >= 11 is 0. The zero-order valence-electron chi connectivity index (χ0n) is 11.0. The van der Waals surface area contributed by atoms with Crippen LogP contribution in [0.25, 0.3) is 0 Å². The van der Waals surface area contributed by atoms with Crippen LogP contribution in [0.5, 0.6) is 0 Å². The molecule has 16 heavy (non-hydrogen) atoms. The van der Waals surface area contributed by atoms with Crippen molar-refractivity contribution in [2.75, 3.05) is 19.6 Å². The standard InChI is InChI=1S/C14H28N2/c1-3-5-14-11-16(10-13-6-4-7-13)12(2)8-9-15-14/h12-15H,3-11H2,1-2H3. The maximum Gasteiger partial charge on any atom is 0.0195 e. The molecule has 1 saturated heterocycles. The van der Waals surface area contributed by atoms with Gasteiger partial charge in [0, 0.05) is 25.2 Å². The van der Waals surface area contributed by atoms with Crippen molar-refractivity contribution < 1.29 is 0 Å². The summed E-state index contributed by atoms with van der Waals surface area (Å²) in [6.45, 7) is 8.57. The Labute approximate surface area is 101 Å². The highest BCUT2D eigenvalue weighted by atomic mass is 15.2. The summed E-state index contributed by atoms with van der Waals surface area (Å²) in [5.41, 5.74) is 0. The molecule has 1 heterocycles. The Balaban J connectivity index is 1.84. The van der Waals surface area contributed by atoms with E-state index in [4.69, 9.17) is 0 Å². The molecule has 0 aromatic carbocycles. The molecule has 2 unspecified atom stereocenters. The summed E-state index contributed by atoms with van der Waals surface area (Å²) in [5.74, 6) is 1.02. The van der Waals surface area contributed by atoms with Crippen LogP contribution < -0.4 is 5.32 Å². The Morgan fingerprint density at radius 2 is 2.06 bits per heavy atom. The third kappa shape index (κ3) is 3.21. The molecule has 2 heteroatoms. The van der Waals surface area contributed by atoms with Gasteiger partial charge in [-0.15, -0.1) is 0 Å². The second kappa shape index (κ2) is 6.02. The van der Waals surface area contributed by atoms with Crippen LogP contribution in [-0.2, 0) is 0 Å². The van der Waals surface area contributed by atoms with Crippen LogP contribution in [0.15, 0.2) is 0 Å². The molecule has 0 spiro atoms. The minimum atomic E-state index is 0.745. The maximum absolute atomic E-state index is 3.71. The molecule has 2 atom stereocenters. The van der Waals surface area contributed by atoms with E-state index >= 15 is 0 Å². The molecular formula is C14H28N2. The smallest absolute Gasteiger partial charge is 0.0195 e. The van der Waals surface area contributed by atoms with Crippen LogP contribution in [0.2, 0.25) is 0 Å². The molecule has 1 aliphatic carbocycles. The fourth-order valence-electron chi connectivity index (χ4n) is 3.01. The molecule has 1 saturated carbocycles. The second-order valence-corrected chi connectivity index (χ2v) is 5.83. The lowest BCUT2D eigenvalue weighted by molar-refractivity contribution is 0.136. The first kappa shape index (κ1) is 12.4. The molecule has 0 aromatic heterocycles. The third-order valence-corrected chi connectivity index (χ3v) is 4.43. The van der Waals surface area contributed by atoms with Gasteiger partial charge in [0.25, 0.3) is 0 Å². The second-order valence-electron chi connectivity index (χ2n) is 5.83. The topological polar surface area (TPSA) is 15.3 Å². The van der Waals surface area contributed by atoms with Gasteiger partial charge in [-0.1, -0.05) is 19.8 Å². The van der Waals surface area contributed by atoms with E-state index in [0.717, 1.165) is 18.0 Å². The molecule has 1 aliphatic heterocycles. The summed E-state index contributed by atoms with van der Waals surface area (Å²) in [6, 6.07) is 1.53. The number of hydrogen-bond donors (Lipinski definition) is 1. The highest BCUT2D eigenvalue weighted by Crippen LogP contribution is 2.28. The SMILES string of the molecule is CCCC1CN(CC2CCC2)C(C)CCN1. The highest BCUT2D eigenvalue weighted by molar-refractivity contribution is 4.83. The fraction of sp³-hybridized carbons (Fsp3) is 1.00. The quantitative estimate of drug-likeness (QED) is 0.790. The Bertz CT molecular complexity index is 201. The zero-order chi connectivity index (χ0) is 11.4. The van der Waals surface area contributed by atoms with Crippen molar-refractivity contribution in [3.8, 4) is 0 Å². The van der Waals surface area contributed by atoms with Gasteiger partial charge in [0.2, 0.25) is 0 Å². The van der Waals surface area contributed by atoms with E-state index in [0.29, 0.717) is 0 Å². The number of nitrogens with zero attached hydrogens (tertiary/aromatic N) is 1. The lowest BCUT2D eigenvalue weighted by atomic mass is 9.84. The average molecular weight is 224 g/mol. The van der Waals surface area contributed by atoms with Crippen molar-refractivity contribution in [1.82, 2.24) is 10.2 Å². The molecule has 0 bridgehead atoms. The van der Waals surface area contributed by atoms with Crippen molar-refractivity contribution in [2.24, 2.45) is 5.92 Å². The minimum Gasteiger partial charge on any atom is -0.313 e. The van der Waals surface area contributed by atoms with E-state index < -0.39 is 0 Å². The third-order valence-electron chi connectivity index (χ3n) is 4.43. The molecule has 0 radical (unpaired) electrons. The first-order valence-corrected chi connectivity index (χ1v) is 7.27. The van der Waals surface area contributed by atoms with Crippen molar-refractivity contribution in [3.05, 3.63) is 0 Å². The predicted molar refractivity (Wildman–Crippen MR) is 69.7 cm³/mol. The number of hydrogen-bond acceptors (Lipinski definition) is 2. The molecule has 2 nitrogen and oxygen atoms in total. The van der Waals surface area contributed by atoms with E-state index in [1.54, 1.807) is 0 Å². The van der Waals surface area contributed by atoms with Gasteiger partial charge in [0.1, 0.15) is 0 Å². The van der Waals surface area contributed by atoms with Crippen LogP contribution in [0, 0.1) is 5.92 Å². The monoisotopic (exact) mass is 224 g/mol. The van der Waals surface area contributed by atoms with Crippen LogP contribution >= 0.6 is 0 Å². The summed E-state index contributed by atoms with van der Waals surface area (Å²) in [5, 5.41) is 3.71. The van der Waals surface area contributed by atoms with Crippen LogP contribution in [-0.4, -0.2) is 36.6 Å². The van der Waals surface area contributed by atoms with Gasteiger partial charge in [-0.3, -0.25) is 4.90 Å². The Kier molecular flexibility index (Phi) is 4.66. The van der Waals surface area contributed by atoms with Crippen molar-refractivity contribution in [3.63, 3.8) is 0 Å². The van der Waals surface area contributed by atoms with E-state index in [1.165, 1.54) is 58.2 Å². The van der Waals surface area contributed by atoms with Crippen LogP contribution in [0.3, 0.4) is 0 Å². The van der Waals surface area contributed by atoms with Crippen molar-refractivity contribution in [1.29, 1.82) is 0 Å². The molecule has 0 aromatic rings. The van der Waals surface area contributed by atoms with Gasteiger partial charge < -0.3 is 5.32 Å². The Morgan fingerprint density at radius 3 is 2.69 bits per heavy atom. The number of nitrogens with one attached hydrogen (secondary N) is 1. The van der Waals surface area contributed by atoms with Crippen LogP contribution in [0.4, 0.5) is 0 Å². The average Bonchev–Trinajstić information content (AvgIpc) is 2.36.